The molecule has 0 amide bonds. The zero-order valence-corrected chi connectivity index (χ0v) is 12.8. The molecule has 1 aromatic carbocycles. The summed E-state index contributed by atoms with van der Waals surface area (Å²) in [5.41, 5.74) is 5.65. The maximum atomic E-state index is 6.08. The maximum Gasteiger partial charge on any atom is 0.232 e. The summed E-state index contributed by atoms with van der Waals surface area (Å²) in [5.74, 6) is 0.812. The van der Waals surface area contributed by atoms with Gasteiger partial charge in [0, 0.05) is 6.07 Å². The fourth-order valence-electron chi connectivity index (χ4n) is 1.61. The number of nitrogens with zero attached hydrogens (tertiary/aromatic N) is 2. The highest BCUT2D eigenvalue weighted by Gasteiger charge is 2.13. The van der Waals surface area contributed by atoms with Crippen molar-refractivity contribution in [2.75, 3.05) is 5.73 Å². The van der Waals surface area contributed by atoms with Gasteiger partial charge in [0.05, 0.1) is 20.5 Å². The first-order valence-corrected chi connectivity index (χ1v) is 7.39. The van der Waals surface area contributed by atoms with Crippen LogP contribution in [0.1, 0.15) is 0 Å². The van der Waals surface area contributed by atoms with Crippen LogP contribution in [0.4, 0.5) is 5.95 Å². The van der Waals surface area contributed by atoms with Gasteiger partial charge in [-0.25, -0.2) is 4.98 Å². The number of ether oxygens (including phenoxy) is 1. The summed E-state index contributed by atoms with van der Waals surface area (Å²) in [5, 5.41) is 3.66. The summed E-state index contributed by atoms with van der Waals surface area (Å²) in [7, 11) is 0. The van der Waals surface area contributed by atoms with Crippen LogP contribution in [-0.4, -0.2) is 9.97 Å². The molecule has 0 aliphatic heterocycles. The zero-order valence-electron chi connectivity index (χ0n) is 9.73. The average Bonchev–Trinajstić information content (AvgIpc) is 2.84. The Labute approximate surface area is 133 Å². The molecule has 0 fully saturated rings. The third kappa shape index (κ3) is 2.50. The zero-order chi connectivity index (χ0) is 14.3. The molecule has 0 aliphatic carbocycles. The van der Waals surface area contributed by atoms with Crippen LogP contribution in [-0.2, 0) is 0 Å². The lowest BCUT2D eigenvalue weighted by Gasteiger charge is -2.09. The monoisotopic (exact) mass is 345 g/mol. The van der Waals surface area contributed by atoms with Gasteiger partial charge in [0.25, 0.3) is 0 Å². The van der Waals surface area contributed by atoms with Crippen LogP contribution in [0.25, 0.3) is 10.2 Å². The molecular weight excluding hydrogens is 341 g/mol. The van der Waals surface area contributed by atoms with E-state index in [4.69, 9.17) is 45.3 Å². The second-order valence-corrected chi connectivity index (χ2v) is 5.94. The molecule has 0 saturated carbocycles. The highest BCUT2D eigenvalue weighted by atomic mass is 35.5. The van der Waals surface area contributed by atoms with E-state index in [1.165, 1.54) is 23.5 Å². The van der Waals surface area contributed by atoms with Gasteiger partial charge in [0.1, 0.15) is 10.6 Å². The first kappa shape index (κ1) is 13.7. The van der Waals surface area contributed by atoms with Crippen LogP contribution in [0.5, 0.6) is 11.6 Å². The number of thiophene rings is 1. The summed E-state index contributed by atoms with van der Waals surface area (Å²) < 4.78 is 5.70. The molecule has 3 rings (SSSR count). The van der Waals surface area contributed by atoms with Crippen LogP contribution in [0.3, 0.4) is 0 Å². The lowest BCUT2D eigenvalue weighted by atomic mass is 10.3. The molecule has 2 aromatic heterocycles. The van der Waals surface area contributed by atoms with Gasteiger partial charge in [-0.2, -0.15) is 4.98 Å². The maximum absolute atomic E-state index is 6.08. The fourth-order valence-corrected chi connectivity index (χ4v) is 2.95. The van der Waals surface area contributed by atoms with Gasteiger partial charge in [0.2, 0.25) is 11.8 Å². The van der Waals surface area contributed by atoms with Crippen molar-refractivity contribution in [1.82, 2.24) is 9.97 Å². The number of rotatable bonds is 2. The Morgan fingerprint density at radius 2 is 1.80 bits per heavy atom. The quantitative estimate of drug-likeness (QED) is 0.661. The van der Waals surface area contributed by atoms with E-state index in [2.05, 4.69) is 9.97 Å². The summed E-state index contributed by atoms with van der Waals surface area (Å²) in [6.45, 7) is 0. The largest absolute Gasteiger partial charge is 0.437 e. The van der Waals surface area contributed by atoms with Gasteiger partial charge in [-0.1, -0.05) is 34.8 Å². The molecule has 0 atom stereocenters. The van der Waals surface area contributed by atoms with Crippen molar-refractivity contribution in [3.05, 3.63) is 38.6 Å². The number of fused-ring (bicyclic) bond motifs is 1. The fraction of sp³-hybridized carbons (Fsp3) is 0. The van der Waals surface area contributed by atoms with Gasteiger partial charge in [-0.05, 0) is 17.5 Å². The van der Waals surface area contributed by atoms with Crippen LogP contribution in [0, 0.1) is 0 Å². The Kier molecular flexibility index (Phi) is 3.60. The highest BCUT2D eigenvalue weighted by Crippen LogP contribution is 2.38. The number of nitrogens with two attached hydrogens (primary N) is 1. The van der Waals surface area contributed by atoms with Crippen molar-refractivity contribution in [1.29, 1.82) is 0 Å². The molecule has 0 saturated heterocycles. The van der Waals surface area contributed by atoms with Crippen LogP contribution < -0.4 is 10.5 Å². The molecule has 2 N–H and O–H groups in total. The van der Waals surface area contributed by atoms with E-state index < -0.39 is 0 Å². The van der Waals surface area contributed by atoms with E-state index in [0.29, 0.717) is 26.7 Å². The smallest absolute Gasteiger partial charge is 0.232 e. The minimum Gasteiger partial charge on any atom is -0.437 e. The molecule has 2 heterocycles. The molecule has 0 bridgehead atoms. The highest BCUT2D eigenvalue weighted by molar-refractivity contribution is 7.16. The molecule has 20 heavy (non-hydrogen) atoms. The predicted octanol–water partition coefficient (Wildman–Crippen LogP) is 5.03. The van der Waals surface area contributed by atoms with Crippen molar-refractivity contribution in [3.8, 4) is 11.6 Å². The van der Waals surface area contributed by atoms with Gasteiger partial charge in [0.15, 0.2) is 0 Å². The molecule has 3 aromatic rings. The minimum absolute atomic E-state index is 0.131. The minimum atomic E-state index is 0.131. The van der Waals surface area contributed by atoms with Gasteiger partial charge in [-0.3, -0.25) is 0 Å². The number of benzene rings is 1. The number of hydrogen-bond donors (Lipinski definition) is 1. The topological polar surface area (TPSA) is 61.0 Å². The van der Waals surface area contributed by atoms with E-state index in [0.717, 1.165) is 10.2 Å². The van der Waals surface area contributed by atoms with Crippen LogP contribution >= 0.6 is 46.1 Å². The van der Waals surface area contributed by atoms with E-state index in [-0.39, 0.29) is 5.95 Å². The van der Waals surface area contributed by atoms with Crippen LogP contribution in [0.2, 0.25) is 15.1 Å². The summed E-state index contributed by atoms with van der Waals surface area (Å²) in [6, 6.07) is 4.89. The Balaban J connectivity index is 2.09. The van der Waals surface area contributed by atoms with Crippen molar-refractivity contribution in [3.63, 3.8) is 0 Å². The summed E-state index contributed by atoms with van der Waals surface area (Å²) >= 11 is 19.4. The van der Waals surface area contributed by atoms with Gasteiger partial charge in [-0.15, -0.1) is 11.3 Å². The lowest BCUT2D eigenvalue weighted by molar-refractivity contribution is 0.469. The normalized spacial score (nSPS) is 10.9. The van der Waals surface area contributed by atoms with Crippen molar-refractivity contribution in [2.24, 2.45) is 0 Å². The van der Waals surface area contributed by atoms with Crippen molar-refractivity contribution >= 4 is 62.3 Å². The molecule has 0 aliphatic rings. The Morgan fingerprint density at radius 1 is 1.05 bits per heavy atom. The van der Waals surface area contributed by atoms with E-state index in [9.17, 15) is 0 Å². The predicted molar refractivity (Wildman–Crippen MR) is 83.4 cm³/mol. The first-order valence-electron chi connectivity index (χ1n) is 5.37. The molecule has 4 nitrogen and oxygen atoms in total. The second-order valence-electron chi connectivity index (χ2n) is 3.83. The van der Waals surface area contributed by atoms with Gasteiger partial charge < -0.3 is 10.5 Å². The average molecular weight is 347 g/mol. The van der Waals surface area contributed by atoms with E-state index in [1.807, 2.05) is 11.4 Å². The second kappa shape index (κ2) is 5.26. The lowest BCUT2D eigenvalue weighted by Crippen LogP contribution is -1.97. The first-order chi connectivity index (χ1) is 9.54. The van der Waals surface area contributed by atoms with Crippen LogP contribution in [0.15, 0.2) is 23.6 Å². The number of halogens is 3. The van der Waals surface area contributed by atoms with E-state index in [1.54, 1.807) is 0 Å². The molecule has 0 spiro atoms. The summed E-state index contributed by atoms with van der Waals surface area (Å²) in [6.07, 6.45) is 0. The standard InChI is InChI=1S/C12H6Cl3N3OS/c13-6-3-8(15)9(4-7(6)14)19-10-5-1-2-20-11(5)18-12(16)17-10/h1-4H,(H2,16,17,18). The Bertz CT molecular complexity index is 806. The number of aromatic nitrogens is 2. The van der Waals surface area contributed by atoms with Gasteiger partial charge >= 0.3 is 0 Å². The number of nitrogen functional groups attached to an aromatic ring is 1. The van der Waals surface area contributed by atoms with Crippen molar-refractivity contribution < 1.29 is 4.74 Å². The van der Waals surface area contributed by atoms with Crippen molar-refractivity contribution in [2.45, 2.75) is 0 Å². The number of hydrogen-bond acceptors (Lipinski definition) is 5. The molecule has 8 heteroatoms. The Hall–Kier alpha value is -1.27. The van der Waals surface area contributed by atoms with E-state index >= 15 is 0 Å². The Morgan fingerprint density at radius 3 is 2.60 bits per heavy atom. The summed E-state index contributed by atoms with van der Waals surface area (Å²) in [4.78, 5) is 8.94. The molecule has 102 valence electrons. The molecule has 0 unspecified atom stereocenters. The third-order valence-electron chi connectivity index (χ3n) is 2.49. The SMILES string of the molecule is Nc1nc(Oc2cc(Cl)c(Cl)cc2Cl)c2ccsc2n1. The molecular formula is C12H6Cl3N3OS. The number of anilines is 1. The third-order valence-corrected chi connectivity index (χ3v) is 4.31. The molecule has 0 radical (unpaired) electrons.